The number of hydrogen-bond donors (Lipinski definition) is 1. The Morgan fingerprint density at radius 3 is 2.40 bits per heavy atom. The first-order chi connectivity index (χ1) is 8.56. The van der Waals surface area contributed by atoms with Gasteiger partial charge in [0.2, 0.25) is 0 Å². The third-order valence-electron chi connectivity index (χ3n) is 3.22. The Hall–Kier alpha value is -0.430. The molecule has 8 heteroatoms. The number of halogens is 5. The monoisotopic (exact) mass is 334 g/mol. The fraction of sp³-hybridized carbons (Fsp3) is 0.667. The van der Waals surface area contributed by atoms with Gasteiger partial charge in [-0.2, -0.15) is 13.2 Å². The molecule has 20 heavy (non-hydrogen) atoms. The maximum atomic E-state index is 12.4. The van der Waals surface area contributed by atoms with E-state index in [4.69, 9.17) is 4.42 Å². The smallest absolute Gasteiger partial charge is 0.389 e. The van der Waals surface area contributed by atoms with Crippen LogP contribution < -0.4 is 5.32 Å². The summed E-state index contributed by atoms with van der Waals surface area (Å²) in [5.41, 5.74) is 0.834. The Morgan fingerprint density at radius 2 is 1.90 bits per heavy atom. The van der Waals surface area contributed by atoms with Crippen molar-refractivity contribution in [1.82, 2.24) is 10.2 Å². The third kappa shape index (κ3) is 5.91. The van der Waals surface area contributed by atoms with Crippen LogP contribution in [0.5, 0.6) is 0 Å². The van der Waals surface area contributed by atoms with Crippen molar-refractivity contribution >= 4 is 24.8 Å². The Morgan fingerprint density at radius 1 is 1.25 bits per heavy atom. The average Bonchev–Trinajstić information content (AvgIpc) is 2.83. The van der Waals surface area contributed by atoms with Crippen LogP contribution in [0.2, 0.25) is 0 Å². The van der Waals surface area contributed by atoms with Gasteiger partial charge in [0.15, 0.2) is 0 Å². The van der Waals surface area contributed by atoms with E-state index in [2.05, 4.69) is 10.2 Å². The zero-order valence-electron chi connectivity index (χ0n) is 10.9. The van der Waals surface area contributed by atoms with E-state index in [1.54, 1.807) is 12.3 Å². The maximum absolute atomic E-state index is 12.4. The highest BCUT2D eigenvalue weighted by atomic mass is 35.5. The van der Waals surface area contributed by atoms with Gasteiger partial charge in [-0.15, -0.1) is 24.8 Å². The molecular formula is C12H19Cl2F3N2O. The van der Waals surface area contributed by atoms with Crippen molar-refractivity contribution < 1.29 is 17.6 Å². The van der Waals surface area contributed by atoms with Crippen molar-refractivity contribution in [3.8, 4) is 0 Å². The summed E-state index contributed by atoms with van der Waals surface area (Å²) in [6.07, 6.45) is -1.72. The van der Waals surface area contributed by atoms with Crippen LogP contribution in [0.4, 0.5) is 13.2 Å². The Balaban J connectivity index is 0.00000180. The molecule has 0 saturated carbocycles. The molecule has 1 fully saturated rings. The van der Waals surface area contributed by atoms with Crippen LogP contribution in [0.3, 0.4) is 0 Å². The fourth-order valence-corrected chi connectivity index (χ4v) is 2.32. The largest absolute Gasteiger partial charge is 0.472 e. The van der Waals surface area contributed by atoms with Crippen molar-refractivity contribution in [3.05, 3.63) is 24.2 Å². The summed E-state index contributed by atoms with van der Waals surface area (Å²) in [4.78, 5) is 2.09. The van der Waals surface area contributed by atoms with E-state index in [9.17, 15) is 13.2 Å². The van der Waals surface area contributed by atoms with Gasteiger partial charge in [-0.3, -0.25) is 4.90 Å². The molecule has 1 aromatic heterocycles. The van der Waals surface area contributed by atoms with Crippen LogP contribution in [0.25, 0.3) is 0 Å². The van der Waals surface area contributed by atoms with Crippen molar-refractivity contribution in [3.63, 3.8) is 0 Å². The van der Waals surface area contributed by atoms with E-state index in [-0.39, 0.29) is 37.3 Å². The molecular weight excluding hydrogens is 316 g/mol. The summed E-state index contributed by atoms with van der Waals surface area (Å²) in [7, 11) is 0. The quantitative estimate of drug-likeness (QED) is 0.914. The van der Waals surface area contributed by atoms with E-state index >= 15 is 0 Å². The number of furan rings is 1. The van der Waals surface area contributed by atoms with Gasteiger partial charge < -0.3 is 9.73 Å². The van der Waals surface area contributed by atoms with E-state index in [1.807, 2.05) is 0 Å². The van der Waals surface area contributed by atoms with Crippen LogP contribution in [0, 0.1) is 0 Å². The molecule has 2 rings (SSSR count). The first kappa shape index (κ1) is 19.6. The summed E-state index contributed by atoms with van der Waals surface area (Å²) < 4.78 is 42.1. The second-order valence-electron chi connectivity index (χ2n) is 4.51. The Labute approximate surface area is 128 Å². The van der Waals surface area contributed by atoms with Crippen LogP contribution in [-0.4, -0.2) is 37.3 Å². The second kappa shape index (κ2) is 8.77. The van der Waals surface area contributed by atoms with Gasteiger partial charge in [-0.25, -0.2) is 0 Å². The lowest BCUT2D eigenvalue weighted by Crippen LogP contribution is -2.45. The number of hydrogen-bond acceptors (Lipinski definition) is 3. The molecule has 1 saturated heterocycles. The average molecular weight is 335 g/mol. The summed E-state index contributed by atoms with van der Waals surface area (Å²) in [6, 6.07) is 1.55. The lowest BCUT2D eigenvalue weighted by Gasteiger charge is -2.34. The second-order valence-corrected chi connectivity index (χ2v) is 4.51. The molecule has 1 atom stereocenters. The SMILES string of the molecule is Cl.Cl.FC(F)(F)CC[C@@H](c1ccoc1)N1CCNCC1. The minimum absolute atomic E-state index is 0. The molecule has 3 nitrogen and oxygen atoms in total. The van der Waals surface area contributed by atoms with Crippen LogP contribution in [-0.2, 0) is 0 Å². The summed E-state index contributed by atoms with van der Waals surface area (Å²) in [5, 5.41) is 3.20. The first-order valence-corrected chi connectivity index (χ1v) is 6.10. The Kier molecular flexibility index (Phi) is 8.58. The molecule has 0 radical (unpaired) electrons. The lowest BCUT2D eigenvalue weighted by molar-refractivity contribution is -0.138. The molecule has 1 aliphatic rings. The molecule has 0 bridgehead atoms. The molecule has 0 amide bonds. The zero-order chi connectivity index (χ0) is 13.0. The van der Waals surface area contributed by atoms with Gasteiger partial charge in [-0.1, -0.05) is 0 Å². The first-order valence-electron chi connectivity index (χ1n) is 6.10. The van der Waals surface area contributed by atoms with Gasteiger partial charge in [0.05, 0.1) is 12.5 Å². The van der Waals surface area contributed by atoms with E-state index in [0.29, 0.717) is 0 Å². The number of rotatable bonds is 4. The highest BCUT2D eigenvalue weighted by Gasteiger charge is 2.31. The molecule has 0 unspecified atom stereocenters. The molecule has 0 aliphatic carbocycles. The number of alkyl halides is 3. The molecule has 0 spiro atoms. The minimum atomic E-state index is -4.10. The number of piperazine rings is 1. The van der Waals surface area contributed by atoms with E-state index in [1.165, 1.54) is 6.26 Å². The molecule has 1 aliphatic heterocycles. The van der Waals surface area contributed by atoms with Crippen molar-refractivity contribution in [2.75, 3.05) is 26.2 Å². The summed E-state index contributed by atoms with van der Waals surface area (Å²) in [6.45, 7) is 3.18. The van der Waals surface area contributed by atoms with Gasteiger partial charge in [0.1, 0.15) is 0 Å². The number of nitrogens with one attached hydrogen (secondary N) is 1. The zero-order valence-corrected chi connectivity index (χ0v) is 12.5. The van der Waals surface area contributed by atoms with E-state index < -0.39 is 12.6 Å². The highest BCUT2D eigenvalue weighted by Crippen LogP contribution is 2.31. The van der Waals surface area contributed by atoms with E-state index in [0.717, 1.165) is 31.7 Å². The van der Waals surface area contributed by atoms with Gasteiger partial charge in [0, 0.05) is 44.2 Å². The maximum Gasteiger partial charge on any atom is 0.389 e. The highest BCUT2D eigenvalue weighted by molar-refractivity contribution is 5.85. The predicted octanol–water partition coefficient (Wildman–Crippen LogP) is 3.41. The lowest BCUT2D eigenvalue weighted by atomic mass is 10.0. The van der Waals surface area contributed by atoms with Crippen LogP contribution >= 0.6 is 24.8 Å². The van der Waals surface area contributed by atoms with Crippen molar-refractivity contribution in [2.24, 2.45) is 0 Å². The molecule has 118 valence electrons. The van der Waals surface area contributed by atoms with Crippen LogP contribution in [0.1, 0.15) is 24.4 Å². The van der Waals surface area contributed by atoms with Crippen molar-refractivity contribution in [1.29, 1.82) is 0 Å². The third-order valence-corrected chi connectivity index (χ3v) is 3.22. The van der Waals surface area contributed by atoms with Gasteiger partial charge in [-0.05, 0) is 12.5 Å². The van der Waals surface area contributed by atoms with Gasteiger partial charge in [0.25, 0.3) is 0 Å². The predicted molar refractivity (Wildman–Crippen MR) is 75.7 cm³/mol. The molecule has 0 aromatic carbocycles. The standard InChI is InChI=1S/C12H17F3N2O.2ClH/c13-12(14,15)3-1-11(10-2-8-18-9-10)17-6-4-16-5-7-17;;/h2,8-9,11,16H,1,3-7H2;2*1H/t11-;;/m0../s1. The number of nitrogens with zero attached hydrogens (tertiary/aromatic N) is 1. The molecule has 1 N–H and O–H groups in total. The van der Waals surface area contributed by atoms with Crippen molar-refractivity contribution in [2.45, 2.75) is 25.1 Å². The normalized spacial score (nSPS) is 17.9. The van der Waals surface area contributed by atoms with Gasteiger partial charge >= 0.3 is 6.18 Å². The fourth-order valence-electron chi connectivity index (χ4n) is 2.32. The Bertz CT molecular complexity index is 354. The van der Waals surface area contributed by atoms with Crippen LogP contribution in [0.15, 0.2) is 23.0 Å². The molecule has 1 aromatic rings. The molecule has 2 heterocycles. The summed E-state index contributed by atoms with van der Waals surface area (Å²) in [5.74, 6) is 0. The minimum Gasteiger partial charge on any atom is -0.472 e. The topological polar surface area (TPSA) is 28.4 Å². The summed E-state index contributed by atoms with van der Waals surface area (Å²) >= 11 is 0.